The number of carbonyl (C=O) groups excluding carboxylic acids is 2. The Bertz CT molecular complexity index is 1810. The van der Waals surface area contributed by atoms with Gasteiger partial charge in [-0.15, -0.1) is 0 Å². The summed E-state index contributed by atoms with van der Waals surface area (Å²) in [5.74, 6) is -2.02. The summed E-state index contributed by atoms with van der Waals surface area (Å²) in [7, 11) is 5.97. The highest BCUT2D eigenvalue weighted by Gasteiger charge is 2.25. The fourth-order valence-corrected chi connectivity index (χ4v) is 9.46. The molecule has 0 rings (SSSR count). The van der Waals surface area contributed by atoms with Crippen LogP contribution < -0.4 is 0 Å². The van der Waals surface area contributed by atoms with Crippen molar-refractivity contribution < 1.29 is 42.9 Å². The molecule has 0 aliphatic carbocycles. The van der Waals surface area contributed by atoms with Crippen LogP contribution in [0.3, 0.4) is 0 Å². The van der Waals surface area contributed by atoms with Crippen molar-refractivity contribution in [3.63, 3.8) is 0 Å². The Morgan fingerprint density at radius 3 is 1.00 bits per heavy atom. The molecule has 9 nitrogen and oxygen atoms in total. The third kappa shape index (κ3) is 67.1. The first-order chi connectivity index (χ1) is 41.6. The molecule has 85 heavy (non-hydrogen) atoms. The van der Waals surface area contributed by atoms with Crippen LogP contribution in [0.4, 0.5) is 0 Å². The van der Waals surface area contributed by atoms with Gasteiger partial charge in [-0.2, -0.15) is 0 Å². The normalized spacial score (nSPS) is 13.5. The maximum absolute atomic E-state index is 12.9. The van der Waals surface area contributed by atoms with Crippen molar-refractivity contribution in [3.05, 3.63) is 122 Å². The summed E-state index contributed by atoms with van der Waals surface area (Å²) in [6, 6.07) is 0. The topological polar surface area (TPSA) is 108 Å². The summed E-state index contributed by atoms with van der Waals surface area (Å²) >= 11 is 0. The molecule has 0 aromatic heterocycles. The zero-order chi connectivity index (χ0) is 61.9. The van der Waals surface area contributed by atoms with Gasteiger partial charge in [-0.25, -0.2) is 4.79 Å². The Labute approximate surface area is 523 Å². The van der Waals surface area contributed by atoms with Gasteiger partial charge in [0.15, 0.2) is 6.10 Å². The molecule has 0 bridgehead atoms. The van der Waals surface area contributed by atoms with Crippen LogP contribution in [-0.2, 0) is 33.3 Å². The van der Waals surface area contributed by atoms with Crippen molar-refractivity contribution >= 4 is 17.9 Å². The minimum Gasteiger partial charge on any atom is -0.477 e. The largest absolute Gasteiger partial charge is 0.477 e. The molecule has 0 saturated carbocycles. The maximum atomic E-state index is 12.9. The molecule has 0 aliphatic heterocycles. The lowest BCUT2D eigenvalue weighted by atomic mass is 10.0. The molecule has 0 spiro atoms. The zero-order valence-corrected chi connectivity index (χ0v) is 55.5. The molecule has 0 aromatic carbocycles. The number of aliphatic carboxylic acids is 1. The first-order valence-electron chi connectivity index (χ1n) is 34.7. The summed E-state index contributed by atoms with van der Waals surface area (Å²) in [4.78, 5) is 37.6. The lowest BCUT2D eigenvalue weighted by molar-refractivity contribution is -0.870. The Balaban J connectivity index is 4.20. The Morgan fingerprint density at radius 1 is 0.365 bits per heavy atom. The highest BCUT2D eigenvalue weighted by atomic mass is 16.7. The first kappa shape index (κ1) is 80.7. The summed E-state index contributed by atoms with van der Waals surface area (Å²) in [5.41, 5.74) is 0. The van der Waals surface area contributed by atoms with E-state index < -0.39 is 24.3 Å². The number of carboxylic acid groups (broad SMARTS) is 1. The number of carbonyl (C=O) groups is 3. The van der Waals surface area contributed by atoms with Crippen LogP contribution in [-0.4, -0.2) is 87.4 Å². The van der Waals surface area contributed by atoms with Gasteiger partial charge in [0.2, 0.25) is 0 Å². The summed E-state index contributed by atoms with van der Waals surface area (Å²) in [6.45, 7) is 4.77. The van der Waals surface area contributed by atoms with Crippen LogP contribution in [0.1, 0.15) is 284 Å². The third-order valence-corrected chi connectivity index (χ3v) is 14.7. The predicted octanol–water partition coefficient (Wildman–Crippen LogP) is 21.6. The van der Waals surface area contributed by atoms with E-state index in [2.05, 4.69) is 135 Å². The fourth-order valence-electron chi connectivity index (χ4n) is 9.46. The Kier molecular flexibility index (Phi) is 62.3. The number of rotatable bonds is 63. The SMILES string of the molecule is CC/C=C\C/C=C\C/C=C\C/C=C\C/C=C\C/C=C\C/C=C\C/C=C\C/C=C\C/C=C\CCCCCCCCC(=O)OC(COC(=O)CCCCCCCCCCCCCCCCCCCCCCCCC)COC(OCC[N+](C)(C)C)C(=O)O. The lowest BCUT2D eigenvalue weighted by Gasteiger charge is -2.25. The molecule has 9 heteroatoms. The highest BCUT2D eigenvalue weighted by molar-refractivity contribution is 5.71. The van der Waals surface area contributed by atoms with E-state index >= 15 is 0 Å². The van der Waals surface area contributed by atoms with Crippen molar-refractivity contribution in [2.24, 2.45) is 0 Å². The molecule has 0 aromatic rings. The van der Waals surface area contributed by atoms with Crippen molar-refractivity contribution in [1.29, 1.82) is 0 Å². The van der Waals surface area contributed by atoms with E-state index in [-0.39, 0.29) is 32.2 Å². The number of likely N-dealkylation sites (N-methyl/N-ethyl adjacent to an activating group) is 1. The van der Waals surface area contributed by atoms with Gasteiger partial charge in [0.1, 0.15) is 13.2 Å². The minimum absolute atomic E-state index is 0.180. The summed E-state index contributed by atoms with van der Waals surface area (Å²) in [5, 5.41) is 9.74. The van der Waals surface area contributed by atoms with Crippen molar-refractivity contribution in [1.82, 2.24) is 0 Å². The number of hydrogen-bond donors (Lipinski definition) is 1. The zero-order valence-electron chi connectivity index (χ0n) is 55.5. The van der Waals surface area contributed by atoms with E-state index in [4.69, 9.17) is 18.9 Å². The second kappa shape index (κ2) is 65.7. The first-order valence-corrected chi connectivity index (χ1v) is 34.7. The number of quaternary nitrogens is 1. The second-order valence-electron chi connectivity index (χ2n) is 24.1. The number of ether oxygens (including phenoxy) is 4. The number of carboxylic acids is 1. The number of esters is 2. The van der Waals surface area contributed by atoms with Crippen LogP contribution in [0.5, 0.6) is 0 Å². The average Bonchev–Trinajstić information content (AvgIpc) is 3.48. The molecular formula is C76H130NO8+. The monoisotopic (exact) mass is 1180 g/mol. The van der Waals surface area contributed by atoms with Gasteiger partial charge >= 0.3 is 17.9 Å². The molecule has 2 unspecified atom stereocenters. The van der Waals surface area contributed by atoms with Gasteiger partial charge in [0.25, 0.3) is 6.29 Å². The molecule has 0 aliphatic rings. The quantitative estimate of drug-likeness (QED) is 0.0211. The Morgan fingerprint density at radius 2 is 0.671 bits per heavy atom. The fraction of sp³-hybridized carbons (Fsp3) is 0.697. The number of unbranched alkanes of at least 4 members (excludes halogenated alkanes) is 28. The summed E-state index contributed by atoms with van der Waals surface area (Å²) in [6.07, 6.45) is 90.2. The number of hydrogen-bond acceptors (Lipinski definition) is 7. The molecule has 0 radical (unpaired) electrons. The van der Waals surface area contributed by atoms with Gasteiger partial charge in [-0.3, -0.25) is 9.59 Å². The van der Waals surface area contributed by atoms with Crippen LogP contribution in [0.2, 0.25) is 0 Å². The third-order valence-electron chi connectivity index (χ3n) is 14.7. The Hall–Kier alpha value is -4.31. The van der Waals surface area contributed by atoms with Gasteiger partial charge in [0, 0.05) is 12.8 Å². The van der Waals surface area contributed by atoms with E-state index in [9.17, 15) is 19.5 Å². The van der Waals surface area contributed by atoms with Crippen molar-refractivity contribution in [2.45, 2.75) is 296 Å². The van der Waals surface area contributed by atoms with Crippen molar-refractivity contribution in [3.8, 4) is 0 Å². The molecule has 486 valence electrons. The van der Waals surface area contributed by atoms with Crippen LogP contribution in [0.15, 0.2) is 122 Å². The van der Waals surface area contributed by atoms with Crippen molar-refractivity contribution in [2.75, 3.05) is 47.5 Å². The van der Waals surface area contributed by atoms with E-state index in [1.54, 1.807) is 0 Å². The molecule has 0 amide bonds. The van der Waals surface area contributed by atoms with Crippen LogP contribution in [0.25, 0.3) is 0 Å². The predicted molar refractivity (Wildman–Crippen MR) is 364 cm³/mol. The maximum Gasteiger partial charge on any atom is 0.361 e. The molecule has 2 atom stereocenters. The highest BCUT2D eigenvalue weighted by Crippen LogP contribution is 2.17. The van der Waals surface area contributed by atoms with Crippen LogP contribution in [0, 0.1) is 0 Å². The van der Waals surface area contributed by atoms with E-state index in [1.165, 1.54) is 128 Å². The molecule has 0 heterocycles. The van der Waals surface area contributed by atoms with Gasteiger partial charge < -0.3 is 28.5 Å². The van der Waals surface area contributed by atoms with Crippen LogP contribution >= 0.6 is 0 Å². The van der Waals surface area contributed by atoms with E-state index in [0.717, 1.165) is 122 Å². The number of allylic oxidation sites excluding steroid dienone is 20. The molecule has 1 N–H and O–H groups in total. The van der Waals surface area contributed by atoms with E-state index in [1.807, 2.05) is 21.1 Å². The van der Waals surface area contributed by atoms with E-state index in [0.29, 0.717) is 23.9 Å². The van der Waals surface area contributed by atoms with Gasteiger partial charge in [-0.05, 0) is 89.9 Å². The smallest absolute Gasteiger partial charge is 0.361 e. The standard InChI is InChI=1S/C76H129NO8/c1-6-8-10-12-14-16-18-20-22-24-26-28-30-31-32-33-34-35-36-37-38-39-40-41-42-43-45-47-49-51-53-55-57-59-61-63-65-67-74(79)85-72(71-84-76(75(80)81)82-69-68-77(3,4)5)70-83-73(78)66-64-62-60-58-56-54-52-50-48-46-44-29-27-25-23-21-19-17-15-13-11-9-7-2/h8,10,14,16,20,22,26,28,31-32,34-35,37-38,40-41,43,45,49,51,72,76H,6-7,9,11-13,15,17-19,21,23-25,27,29-30,33,36,39,42,44,46-48,50,52-71H2,1-5H3/p+1/b10-8-,16-14-,22-20-,28-26-,32-31-,35-34-,38-37-,41-40-,45-43-,51-49-. The molecule has 0 saturated heterocycles. The molecule has 0 fully saturated rings. The minimum atomic E-state index is -1.52. The average molecular weight is 1190 g/mol. The molecular weight excluding hydrogens is 1050 g/mol. The van der Waals surface area contributed by atoms with Gasteiger partial charge in [-0.1, -0.05) is 302 Å². The van der Waals surface area contributed by atoms with Gasteiger partial charge in [0.05, 0.1) is 34.4 Å². The summed E-state index contributed by atoms with van der Waals surface area (Å²) < 4.78 is 23.0. The number of nitrogens with zero attached hydrogens (tertiary/aromatic N) is 1. The second-order valence-corrected chi connectivity index (χ2v) is 24.1. The lowest BCUT2D eigenvalue weighted by Crippen LogP contribution is -2.40.